The number of hydrogen-bond acceptors (Lipinski definition) is 1. The average molecular weight is 253 g/mol. The second-order valence-corrected chi connectivity index (χ2v) is 4.33. The molecule has 16 heavy (non-hydrogen) atoms. The van der Waals surface area contributed by atoms with Crippen molar-refractivity contribution >= 4 is 11.6 Å². The van der Waals surface area contributed by atoms with Crippen molar-refractivity contribution in [2.24, 2.45) is 5.92 Å². The Morgan fingerprint density at radius 3 is 2.44 bits per heavy atom. The van der Waals surface area contributed by atoms with Crippen LogP contribution in [0.25, 0.3) is 0 Å². The summed E-state index contributed by atoms with van der Waals surface area (Å²) >= 11 is 5.73. The maximum absolute atomic E-state index is 12.1. The number of benzene rings is 1. The normalized spacial score (nSPS) is 11.9. The third-order valence-corrected chi connectivity index (χ3v) is 2.11. The molecule has 0 bridgehead atoms. The molecule has 0 unspecified atom stereocenters. The Hall–Kier alpha value is -0.900. The highest BCUT2D eigenvalue weighted by Crippen LogP contribution is 2.30. The largest absolute Gasteiger partial charge is 0.573 e. The first kappa shape index (κ1) is 13.2. The van der Waals surface area contributed by atoms with Gasteiger partial charge in [-0.1, -0.05) is 25.4 Å². The van der Waals surface area contributed by atoms with Gasteiger partial charge in [0.2, 0.25) is 0 Å². The lowest BCUT2D eigenvalue weighted by Gasteiger charge is -2.14. The summed E-state index contributed by atoms with van der Waals surface area (Å²) in [4.78, 5) is 0. The lowest BCUT2D eigenvalue weighted by Crippen LogP contribution is -2.18. The molecular formula is C11H12ClF3O. The Kier molecular flexibility index (Phi) is 4.08. The van der Waals surface area contributed by atoms with Crippen LogP contribution < -0.4 is 4.74 Å². The van der Waals surface area contributed by atoms with E-state index in [1.807, 2.05) is 13.8 Å². The van der Waals surface area contributed by atoms with Crippen molar-refractivity contribution in [1.29, 1.82) is 0 Å². The molecule has 1 nitrogen and oxygen atoms in total. The van der Waals surface area contributed by atoms with Gasteiger partial charge in [-0.2, -0.15) is 0 Å². The van der Waals surface area contributed by atoms with Gasteiger partial charge in [-0.15, -0.1) is 13.2 Å². The highest BCUT2D eigenvalue weighted by Gasteiger charge is 2.32. The number of rotatable bonds is 3. The van der Waals surface area contributed by atoms with Gasteiger partial charge in [-0.3, -0.25) is 0 Å². The van der Waals surface area contributed by atoms with E-state index in [2.05, 4.69) is 4.74 Å². The van der Waals surface area contributed by atoms with Crippen LogP contribution in [0.15, 0.2) is 18.2 Å². The second-order valence-electron chi connectivity index (χ2n) is 3.90. The molecule has 0 saturated carbocycles. The molecular weight excluding hydrogens is 241 g/mol. The number of hydrogen-bond donors (Lipinski definition) is 0. The quantitative estimate of drug-likeness (QED) is 0.773. The third kappa shape index (κ3) is 4.31. The molecule has 0 atom stereocenters. The molecule has 0 amide bonds. The summed E-state index contributed by atoms with van der Waals surface area (Å²) in [5.41, 5.74) is 0.472. The van der Waals surface area contributed by atoms with Gasteiger partial charge in [0, 0.05) is 5.02 Å². The summed E-state index contributed by atoms with van der Waals surface area (Å²) in [6.07, 6.45) is -4.18. The van der Waals surface area contributed by atoms with Gasteiger partial charge in [0.1, 0.15) is 5.75 Å². The monoisotopic (exact) mass is 252 g/mol. The van der Waals surface area contributed by atoms with E-state index in [1.54, 1.807) is 0 Å². The van der Waals surface area contributed by atoms with Crippen LogP contribution in [0.5, 0.6) is 5.75 Å². The second kappa shape index (κ2) is 4.95. The zero-order valence-electron chi connectivity index (χ0n) is 8.94. The van der Waals surface area contributed by atoms with Crippen molar-refractivity contribution in [2.45, 2.75) is 26.6 Å². The Labute approximate surface area is 97.2 Å². The van der Waals surface area contributed by atoms with E-state index in [0.717, 1.165) is 0 Å². The van der Waals surface area contributed by atoms with Crippen LogP contribution >= 0.6 is 11.6 Å². The molecule has 1 rings (SSSR count). The van der Waals surface area contributed by atoms with Gasteiger partial charge in [0.15, 0.2) is 0 Å². The number of alkyl halides is 3. The number of halogens is 4. The Morgan fingerprint density at radius 2 is 1.94 bits per heavy atom. The van der Waals surface area contributed by atoms with E-state index in [4.69, 9.17) is 11.6 Å². The SMILES string of the molecule is CC(C)Cc1cc(Cl)ccc1OC(F)(F)F. The van der Waals surface area contributed by atoms with Crippen molar-refractivity contribution < 1.29 is 17.9 Å². The van der Waals surface area contributed by atoms with Crippen LogP contribution in [0.4, 0.5) is 13.2 Å². The minimum atomic E-state index is -4.67. The molecule has 1 aromatic rings. The molecule has 1 aromatic carbocycles. The lowest BCUT2D eigenvalue weighted by molar-refractivity contribution is -0.274. The van der Waals surface area contributed by atoms with E-state index in [1.165, 1.54) is 18.2 Å². The summed E-state index contributed by atoms with van der Waals surface area (Å²) in [6.45, 7) is 3.83. The molecule has 0 aliphatic carbocycles. The fourth-order valence-electron chi connectivity index (χ4n) is 1.37. The van der Waals surface area contributed by atoms with Crippen LogP contribution in [0.3, 0.4) is 0 Å². The summed E-state index contributed by atoms with van der Waals surface area (Å²) in [5.74, 6) is 0.0552. The third-order valence-electron chi connectivity index (χ3n) is 1.88. The minimum Gasteiger partial charge on any atom is -0.406 e. The van der Waals surface area contributed by atoms with Gasteiger partial charge >= 0.3 is 6.36 Å². The molecule has 0 aromatic heterocycles. The summed E-state index contributed by atoms with van der Waals surface area (Å²) in [5, 5.41) is 0.408. The smallest absolute Gasteiger partial charge is 0.406 e. The van der Waals surface area contributed by atoms with Gasteiger partial charge in [-0.05, 0) is 36.1 Å². The number of ether oxygens (including phenoxy) is 1. The lowest BCUT2D eigenvalue weighted by atomic mass is 10.0. The summed E-state index contributed by atoms with van der Waals surface area (Å²) < 4.78 is 40.2. The molecule has 0 radical (unpaired) electrons. The van der Waals surface area contributed by atoms with Crippen LogP contribution in [0.2, 0.25) is 5.02 Å². The van der Waals surface area contributed by atoms with Gasteiger partial charge < -0.3 is 4.74 Å². The molecule has 0 aliphatic rings. The molecule has 0 fully saturated rings. The fraction of sp³-hybridized carbons (Fsp3) is 0.455. The first-order chi connectivity index (χ1) is 7.28. The Bertz CT molecular complexity index is 361. The van der Waals surface area contributed by atoms with E-state index >= 15 is 0 Å². The molecule has 0 N–H and O–H groups in total. The molecule has 5 heteroatoms. The van der Waals surface area contributed by atoms with E-state index < -0.39 is 6.36 Å². The van der Waals surface area contributed by atoms with Crippen molar-refractivity contribution in [2.75, 3.05) is 0 Å². The van der Waals surface area contributed by atoms with Crippen molar-refractivity contribution in [3.05, 3.63) is 28.8 Å². The van der Waals surface area contributed by atoms with E-state index in [-0.39, 0.29) is 11.7 Å². The average Bonchev–Trinajstić information content (AvgIpc) is 2.06. The topological polar surface area (TPSA) is 9.23 Å². The highest BCUT2D eigenvalue weighted by atomic mass is 35.5. The van der Waals surface area contributed by atoms with Crippen molar-refractivity contribution in [3.8, 4) is 5.75 Å². The fourth-order valence-corrected chi connectivity index (χ4v) is 1.57. The van der Waals surface area contributed by atoms with Crippen molar-refractivity contribution in [1.82, 2.24) is 0 Å². The van der Waals surface area contributed by atoms with Gasteiger partial charge in [-0.25, -0.2) is 0 Å². The van der Waals surface area contributed by atoms with Crippen molar-refractivity contribution in [3.63, 3.8) is 0 Å². The highest BCUT2D eigenvalue weighted by molar-refractivity contribution is 6.30. The molecule has 0 saturated heterocycles. The van der Waals surface area contributed by atoms with E-state index in [9.17, 15) is 13.2 Å². The first-order valence-corrected chi connectivity index (χ1v) is 5.20. The Morgan fingerprint density at radius 1 is 1.31 bits per heavy atom. The molecule has 0 spiro atoms. The van der Waals surface area contributed by atoms with Crippen LogP contribution in [-0.2, 0) is 6.42 Å². The predicted molar refractivity (Wildman–Crippen MR) is 56.7 cm³/mol. The maximum Gasteiger partial charge on any atom is 0.573 e. The first-order valence-electron chi connectivity index (χ1n) is 4.82. The van der Waals surface area contributed by atoms with E-state index in [0.29, 0.717) is 17.0 Å². The molecule has 0 heterocycles. The predicted octanol–water partition coefficient (Wildman–Crippen LogP) is 4.44. The maximum atomic E-state index is 12.1. The van der Waals surface area contributed by atoms with Crippen LogP contribution in [0, 0.1) is 5.92 Å². The molecule has 90 valence electrons. The standard InChI is InChI=1S/C11H12ClF3O/c1-7(2)5-8-6-9(12)3-4-10(8)16-11(13,14)15/h3-4,6-7H,5H2,1-2H3. The Balaban J connectivity index is 2.98. The van der Waals surface area contributed by atoms with Crippen LogP contribution in [0.1, 0.15) is 19.4 Å². The zero-order valence-corrected chi connectivity index (χ0v) is 9.69. The summed E-state index contributed by atoms with van der Waals surface area (Å²) in [6, 6.07) is 4.13. The minimum absolute atomic E-state index is 0.175. The molecule has 0 aliphatic heterocycles. The van der Waals surface area contributed by atoms with Gasteiger partial charge in [0.25, 0.3) is 0 Å². The summed E-state index contributed by atoms with van der Waals surface area (Å²) in [7, 11) is 0. The van der Waals surface area contributed by atoms with Crippen LogP contribution in [-0.4, -0.2) is 6.36 Å². The zero-order chi connectivity index (χ0) is 12.3. The van der Waals surface area contributed by atoms with Gasteiger partial charge in [0.05, 0.1) is 0 Å².